The molecule has 0 aliphatic heterocycles. The molecule has 1 aromatic rings. The highest BCUT2D eigenvalue weighted by atomic mass is 16.5. The lowest BCUT2D eigenvalue weighted by molar-refractivity contribution is -0.142. The lowest BCUT2D eigenvalue weighted by Crippen LogP contribution is -2.41. The second-order valence-corrected chi connectivity index (χ2v) is 5.55. The number of methoxy groups -OCH3 is 1. The van der Waals surface area contributed by atoms with Gasteiger partial charge in [0, 0.05) is 12.2 Å². The number of ether oxygens (including phenoxy) is 1. The normalized spacial score (nSPS) is 21.0. The van der Waals surface area contributed by atoms with E-state index in [1.165, 1.54) is 7.11 Å². The fourth-order valence-corrected chi connectivity index (χ4v) is 2.64. The van der Waals surface area contributed by atoms with Gasteiger partial charge in [-0.3, -0.25) is 4.79 Å². The van der Waals surface area contributed by atoms with E-state index in [1.807, 2.05) is 6.92 Å². The number of carbonyl (C=O) groups is 2. The molecule has 1 aliphatic carbocycles. The Labute approximate surface area is 129 Å². The summed E-state index contributed by atoms with van der Waals surface area (Å²) in [6, 6.07) is 1.45. The monoisotopic (exact) mass is 307 g/mol. The third-order valence-corrected chi connectivity index (χ3v) is 3.84. The average molecular weight is 307 g/mol. The summed E-state index contributed by atoms with van der Waals surface area (Å²) in [6.45, 7) is 1.88. The molecule has 2 amide bonds. The van der Waals surface area contributed by atoms with Crippen LogP contribution in [0.5, 0.6) is 5.88 Å². The molecule has 2 rings (SSSR count). The minimum Gasteiger partial charge on any atom is -0.481 e. The van der Waals surface area contributed by atoms with Crippen LogP contribution in [0.1, 0.15) is 31.2 Å². The molecule has 1 aliphatic rings. The number of rotatable bonds is 4. The quantitative estimate of drug-likeness (QED) is 0.791. The number of aromatic nitrogens is 1. The molecule has 0 bridgehead atoms. The standard InChI is InChI=1S/C15H21N3O4/c1-9-7-12(13(22-2)16-8-9)18-15(21)17-11-5-3-10(4-6-11)14(19)20/h7-8,10-11H,3-6H2,1-2H3,(H,19,20)(H2,17,18,21). The molecule has 1 heterocycles. The Bertz CT molecular complexity index is 554. The smallest absolute Gasteiger partial charge is 0.319 e. The van der Waals surface area contributed by atoms with E-state index < -0.39 is 5.97 Å². The van der Waals surface area contributed by atoms with Gasteiger partial charge in [0.15, 0.2) is 0 Å². The van der Waals surface area contributed by atoms with Crippen LogP contribution in [-0.2, 0) is 4.79 Å². The highest BCUT2D eigenvalue weighted by Crippen LogP contribution is 2.25. The van der Waals surface area contributed by atoms with Crippen LogP contribution in [0.2, 0.25) is 0 Å². The molecule has 7 heteroatoms. The van der Waals surface area contributed by atoms with Gasteiger partial charge in [-0.15, -0.1) is 0 Å². The topological polar surface area (TPSA) is 101 Å². The highest BCUT2D eigenvalue weighted by molar-refractivity contribution is 5.90. The first-order valence-electron chi connectivity index (χ1n) is 7.30. The van der Waals surface area contributed by atoms with Crippen LogP contribution in [0.15, 0.2) is 12.3 Å². The third kappa shape index (κ3) is 4.09. The van der Waals surface area contributed by atoms with Crippen molar-refractivity contribution >= 4 is 17.7 Å². The van der Waals surface area contributed by atoms with Gasteiger partial charge in [-0.1, -0.05) is 0 Å². The summed E-state index contributed by atoms with van der Waals surface area (Å²) < 4.78 is 5.11. The maximum Gasteiger partial charge on any atom is 0.319 e. The van der Waals surface area contributed by atoms with Crippen LogP contribution in [0.3, 0.4) is 0 Å². The van der Waals surface area contributed by atoms with Gasteiger partial charge in [-0.25, -0.2) is 9.78 Å². The molecular formula is C15H21N3O4. The zero-order chi connectivity index (χ0) is 16.1. The van der Waals surface area contributed by atoms with E-state index >= 15 is 0 Å². The van der Waals surface area contributed by atoms with Crippen molar-refractivity contribution in [2.24, 2.45) is 5.92 Å². The Balaban J connectivity index is 1.89. The summed E-state index contributed by atoms with van der Waals surface area (Å²) >= 11 is 0. The number of nitrogens with zero attached hydrogens (tertiary/aromatic N) is 1. The van der Waals surface area contributed by atoms with E-state index in [9.17, 15) is 9.59 Å². The third-order valence-electron chi connectivity index (χ3n) is 3.84. The minimum absolute atomic E-state index is 0.000590. The van der Waals surface area contributed by atoms with Gasteiger partial charge in [0.1, 0.15) is 5.69 Å². The Hall–Kier alpha value is -2.31. The number of carbonyl (C=O) groups excluding carboxylic acids is 1. The molecule has 3 N–H and O–H groups in total. The number of carboxylic acids is 1. The number of pyridine rings is 1. The van der Waals surface area contributed by atoms with Gasteiger partial charge in [0.25, 0.3) is 0 Å². The number of anilines is 1. The van der Waals surface area contributed by atoms with Gasteiger partial charge in [0.2, 0.25) is 5.88 Å². The van der Waals surface area contributed by atoms with Crippen molar-refractivity contribution in [1.82, 2.24) is 10.3 Å². The summed E-state index contributed by atoms with van der Waals surface area (Å²) in [6.07, 6.45) is 4.20. The zero-order valence-corrected chi connectivity index (χ0v) is 12.8. The summed E-state index contributed by atoms with van der Waals surface area (Å²) in [5, 5.41) is 14.6. The minimum atomic E-state index is -0.751. The van der Waals surface area contributed by atoms with Crippen molar-refractivity contribution in [3.8, 4) is 5.88 Å². The number of amides is 2. The summed E-state index contributed by atoms with van der Waals surface area (Å²) in [5.74, 6) is -0.684. The Morgan fingerprint density at radius 2 is 2.00 bits per heavy atom. The molecule has 0 saturated heterocycles. The first-order chi connectivity index (χ1) is 10.5. The number of aliphatic carboxylic acids is 1. The van der Waals surface area contributed by atoms with Crippen LogP contribution in [-0.4, -0.2) is 35.2 Å². The van der Waals surface area contributed by atoms with E-state index in [4.69, 9.17) is 9.84 Å². The van der Waals surface area contributed by atoms with Crippen molar-refractivity contribution in [3.05, 3.63) is 17.8 Å². The Morgan fingerprint density at radius 1 is 1.32 bits per heavy atom. The van der Waals surface area contributed by atoms with Crippen molar-refractivity contribution in [2.75, 3.05) is 12.4 Å². The molecule has 22 heavy (non-hydrogen) atoms. The summed E-state index contributed by atoms with van der Waals surface area (Å²) in [7, 11) is 1.49. The molecular weight excluding hydrogens is 286 g/mol. The van der Waals surface area contributed by atoms with E-state index in [-0.39, 0.29) is 18.0 Å². The zero-order valence-electron chi connectivity index (χ0n) is 12.8. The number of hydrogen-bond acceptors (Lipinski definition) is 4. The molecule has 1 fully saturated rings. The SMILES string of the molecule is COc1ncc(C)cc1NC(=O)NC1CCC(C(=O)O)CC1. The van der Waals surface area contributed by atoms with Crippen molar-refractivity contribution in [1.29, 1.82) is 0 Å². The second-order valence-electron chi connectivity index (χ2n) is 5.55. The van der Waals surface area contributed by atoms with Gasteiger partial charge < -0.3 is 20.5 Å². The number of carboxylic acid groups (broad SMARTS) is 1. The number of hydrogen-bond donors (Lipinski definition) is 3. The lowest BCUT2D eigenvalue weighted by Gasteiger charge is -2.26. The van der Waals surface area contributed by atoms with Crippen LogP contribution in [0, 0.1) is 12.8 Å². The van der Waals surface area contributed by atoms with Crippen molar-refractivity contribution in [2.45, 2.75) is 38.6 Å². The van der Waals surface area contributed by atoms with E-state index in [2.05, 4.69) is 15.6 Å². The lowest BCUT2D eigenvalue weighted by atomic mass is 9.86. The molecule has 1 aromatic heterocycles. The molecule has 0 spiro atoms. The average Bonchev–Trinajstić information content (AvgIpc) is 2.48. The maximum atomic E-state index is 12.1. The maximum absolute atomic E-state index is 12.1. The van der Waals surface area contributed by atoms with Gasteiger partial charge >= 0.3 is 12.0 Å². The predicted molar refractivity (Wildman–Crippen MR) is 81.1 cm³/mol. The number of urea groups is 1. The fourth-order valence-electron chi connectivity index (χ4n) is 2.64. The Kier molecular flexibility index (Phi) is 5.19. The van der Waals surface area contributed by atoms with Crippen LogP contribution in [0.4, 0.5) is 10.5 Å². The number of nitrogens with one attached hydrogen (secondary N) is 2. The van der Waals surface area contributed by atoms with Gasteiger partial charge in [-0.05, 0) is 44.2 Å². The largest absolute Gasteiger partial charge is 0.481 e. The van der Waals surface area contributed by atoms with Crippen LogP contribution >= 0.6 is 0 Å². The number of aryl methyl sites for hydroxylation is 1. The summed E-state index contributed by atoms with van der Waals surface area (Å²) in [5.41, 5.74) is 1.43. The fraction of sp³-hybridized carbons (Fsp3) is 0.533. The first kappa shape index (κ1) is 16.1. The van der Waals surface area contributed by atoms with E-state index in [0.717, 1.165) is 5.56 Å². The van der Waals surface area contributed by atoms with E-state index in [1.54, 1.807) is 12.3 Å². The molecule has 0 aromatic carbocycles. The predicted octanol–water partition coefficient (Wildman–Crippen LogP) is 2.16. The van der Waals surface area contributed by atoms with Crippen molar-refractivity contribution in [3.63, 3.8) is 0 Å². The highest BCUT2D eigenvalue weighted by Gasteiger charge is 2.26. The first-order valence-corrected chi connectivity index (χ1v) is 7.30. The van der Waals surface area contributed by atoms with Gasteiger partial charge in [-0.2, -0.15) is 0 Å². The molecule has 0 atom stereocenters. The molecule has 7 nitrogen and oxygen atoms in total. The van der Waals surface area contributed by atoms with E-state index in [0.29, 0.717) is 37.3 Å². The molecule has 1 saturated carbocycles. The Morgan fingerprint density at radius 3 is 2.59 bits per heavy atom. The second kappa shape index (κ2) is 7.11. The molecule has 0 radical (unpaired) electrons. The van der Waals surface area contributed by atoms with Crippen LogP contribution in [0.25, 0.3) is 0 Å². The van der Waals surface area contributed by atoms with Gasteiger partial charge in [0.05, 0.1) is 13.0 Å². The summed E-state index contributed by atoms with van der Waals surface area (Å²) in [4.78, 5) is 27.1. The molecule has 0 unspecified atom stereocenters. The van der Waals surface area contributed by atoms with Crippen molar-refractivity contribution < 1.29 is 19.4 Å². The molecule has 120 valence electrons. The van der Waals surface area contributed by atoms with Crippen LogP contribution < -0.4 is 15.4 Å².